The second-order valence-electron chi connectivity index (χ2n) is 6.26. The van der Waals surface area contributed by atoms with Gasteiger partial charge in [-0.25, -0.2) is 8.42 Å². The molecule has 0 aliphatic carbocycles. The summed E-state index contributed by atoms with van der Waals surface area (Å²) in [7, 11) is -8.65. The van der Waals surface area contributed by atoms with Crippen LogP contribution in [-0.4, -0.2) is 67.5 Å². The Morgan fingerprint density at radius 2 is 0.694 bits per heavy atom. The van der Waals surface area contributed by atoms with Crippen molar-refractivity contribution in [3.8, 4) is 0 Å². The van der Waals surface area contributed by atoms with Crippen molar-refractivity contribution in [2.45, 2.75) is 59.1 Å². The minimum absolute atomic E-state index is 1.49. The van der Waals surface area contributed by atoms with E-state index in [-0.39, 0.29) is 0 Å². The highest BCUT2D eigenvalue weighted by molar-refractivity contribution is 7.90. The molecule has 0 unspecified atom stereocenters. The van der Waals surface area contributed by atoms with Crippen molar-refractivity contribution in [1.82, 2.24) is 4.72 Å². The molecule has 0 radical (unpaired) electrons. The number of halogens is 21. The zero-order valence-corrected chi connectivity index (χ0v) is 16.1. The van der Waals surface area contributed by atoms with Crippen LogP contribution in [0.25, 0.3) is 0 Å². The molecule has 4 nitrogen and oxygen atoms in total. The summed E-state index contributed by atoms with van der Waals surface area (Å²) in [6.07, 6.45) is -8.04. The molecular formula is C10H3F21N2O2S. The smallest absolute Gasteiger partial charge is 0.265 e. The predicted octanol–water partition coefficient (Wildman–Crippen LogP) is 5.02. The molecule has 0 aromatic heterocycles. The highest BCUT2D eigenvalue weighted by atomic mass is 32.2. The summed E-state index contributed by atoms with van der Waals surface area (Å²) in [5.41, 5.74) is 3.25. The van der Waals surface area contributed by atoms with Gasteiger partial charge in [0.05, 0.1) is 0 Å². The summed E-state index contributed by atoms with van der Waals surface area (Å²) < 4.78 is 291. The van der Waals surface area contributed by atoms with Crippen molar-refractivity contribution < 1.29 is 101 Å². The Morgan fingerprint density at radius 1 is 0.444 bits per heavy atom. The number of sulfonamides is 1. The van der Waals surface area contributed by atoms with Gasteiger partial charge in [0, 0.05) is 0 Å². The number of hydrogen-bond donors (Lipinski definition) is 2. The lowest BCUT2D eigenvalue weighted by Gasteiger charge is -2.42. The van der Waals surface area contributed by atoms with E-state index in [2.05, 4.69) is 5.73 Å². The van der Waals surface area contributed by atoms with Crippen LogP contribution in [0.5, 0.6) is 0 Å². The van der Waals surface area contributed by atoms with Crippen LogP contribution in [0.3, 0.4) is 0 Å². The Labute approximate surface area is 181 Å². The maximum Gasteiger partial charge on any atom is 0.460 e. The molecule has 0 spiro atoms. The first-order valence-corrected chi connectivity index (χ1v) is 8.73. The van der Waals surface area contributed by atoms with E-state index in [4.69, 9.17) is 0 Å². The SMILES string of the molecule is NC(F)(F)C(F)(F)NS(=O)(=O)C(F)(F)C(F)(F)C(F)(F)C(F)(F)C(F)(F)C(F)(F)C(F)(F)C(F)(F)F. The Hall–Kier alpha value is -1.60. The number of alkyl halides is 21. The van der Waals surface area contributed by atoms with Gasteiger partial charge in [0.25, 0.3) is 10.0 Å². The third kappa shape index (κ3) is 4.38. The Balaban J connectivity index is 7.01. The zero-order valence-electron chi connectivity index (χ0n) is 15.2. The van der Waals surface area contributed by atoms with Crippen molar-refractivity contribution in [2.24, 2.45) is 5.73 Å². The third-order valence-electron chi connectivity index (χ3n) is 3.71. The molecule has 0 fully saturated rings. The third-order valence-corrected chi connectivity index (χ3v) is 5.17. The van der Waals surface area contributed by atoms with E-state index in [1.54, 1.807) is 0 Å². The molecule has 0 bridgehead atoms. The van der Waals surface area contributed by atoms with Crippen molar-refractivity contribution in [3.63, 3.8) is 0 Å². The van der Waals surface area contributed by atoms with Crippen LogP contribution in [0.1, 0.15) is 0 Å². The van der Waals surface area contributed by atoms with Gasteiger partial charge in [0.15, 0.2) is 0 Å². The molecule has 0 rings (SSSR count). The summed E-state index contributed by atoms with van der Waals surface area (Å²) in [6.45, 7) is 0. The Morgan fingerprint density at radius 3 is 0.944 bits per heavy atom. The molecule has 0 heterocycles. The van der Waals surface area contributed by atoms with E-state index < -0.39 is 73.8 Å². The predicted molar refractivity (Wildman–Crippen MR) is 66.8 cm³/mol. The summed E-state index contributed by atoms with van der Waals surface area (Å²) in [5.74, 6) is -53.8. The summed E-state index contributed by atoms with van der Waals surface area (Å²) in [4.78, 5) is 0. The quantitative estimate of drug-likeness (QED) is 0.269. The van der Waals surface area contributed by atoms with E-state index in [0.717, 1.165) is 0 Å². The maximum atomic E-state index is 13.4. The van der Waals surface area contributed by atoms with Gasteiger partial charge >= 0.3 is 59.1 Å². The zero-order chi connectivity index (χ0) is 30.2. The van der Waals surface area contributed by atoms with Gasteiger partial charge in [-0.1, -0.05) is 0 Å². The van der Waals surface area contributed by atoms with E-state index in [1.807, 2.05) is 0 Å². The fourth-order valence-electron chi connectivity index (χ4n) is 1.62. The molecule has 0 aromatic carbocycles. The average Bonchev–Trinajstić information content (AvgIpc) is 2.57. The topological polar surface area (TPSA) is 72.2 Å². The lowest BCUT2D eigenvalue weighted by Crippen LogP contribution is -2.75. The lowest BCUT2D eigenvalue weighted by atomic mass is 9.91. The van der Waals surface area contributed by atoms with Gasteiger partial charge in [-0.2, -0.15) is 92.2 Å². The number of rotatable bonds is 10. The fourth-order valence-corrected chi connectivity index (χ4v) is 2.69. The van der Waals surface area contributed by atoms with Crippen LogP contribution in [0.4, 0.5) is 92.2 Å². The summed E-state index contributed by atoms with van der Waals surface area (Å²) in [5, 5.41) is -8.44. The average molecular weight is 614 g/mol. The van der Waals surface area contributed by atoms with Crippen LogP contribution >= 0.6 is 0 Å². The van der Waals surface area contributed by atoms with Crippen molar-refractivity contribution >= 4 is 10.0 Å². The fraction of sp³-hybridized carbons (Fsp3) is 1.00. The standard InChI is InChI=1S/C10H3F21N2O2S/c11-1(12,3(15,16)5(19,20)7(23,24)25)2(13,14)4(17,18)6(21,22)10(30,31)36(34,35)33-9(28,29)8(26,27)32/h33H,32H2. The molecule has 26 heteroatoms. The molecule has 0 atom stereocenters. The molecule has 0 aliphatic heterocycles. The van der Waals surface area contributed by atoms with E-state index in [0.29, 0.717) is 0 Å². The van der Waals surface area contributed by atoms with E-state index in [9.17, 15) is 101 Å². The van der Waals surface area contributed by atoms with Crippen molar-refractivity contribution in [3.05, 3.63) is 0 Å². The first kappa shape index (κ1) is 34.4. The molecule has 0 aliphatic rings. The molecule has 36 heavy (non-hydrogen) atoms. The van der Waals surface area contributed by atoms with Crippen LogP contribution in [0, 0.1) is 0 Å². The highest BCUT2D eigenvalue weighted by Gasteiger charge is 2.96. The molecule has 3 N–H and O–H groups in total. The van der Waals surface area contributed by atoms with Crippen LogP contribution in [-0.2, 0) is 10.0 Å². The van der Waals surface area contributed by atoms with Gasteiger partial charge in [0.1, 0.15) is 0 Å². The van der Waals surface area contributed by atoms with Crippen molar-refractivity contribution in [2.75, 3.05) is 0 Å². The second kappa shape index (κ2) is 8.20. The van der Waals surface area contributed by atoms with Crippen LogP contribution < -0.4 is 10.5 Å². The van der Waals surface area contributed by atoms with E-state index >= 15 is 0 Å². The first-order valence-electron chi connectivity index (χ1n) is 7.25. The van der Waals surface area contributed by atoms with E-state index in [1.165, 1.54) is 0 Å². The molecular weight excluding hydrogens is 611 g/mol. The van der Waals surface area contributed by atoms with Crippen LogP contribution in [0.15, 0.2) is 0 Å². The molecule has 218 valence electrons. The van der Waals surface area contributed by atoms with Gasteiger partial charge in [0.2, 0.25) is 0 Å². The van der Waals surface area contributed by atoms with Gasteiger partial charge in [-0.05, 0) is 0 Å². The van der Waals surface area contributed by atoms with Gasteiger partial charge in [-0.3, -0.25) is 5.73 Å². The monoisotopic (exact) mass is 614 g/mol. The largest absolute Gasteiger partial charge is 0.460 e. The summed E-state index contributed by atoms with van der Waals surface area (Å²) in [6, 6.07) is -13.3. The Bertz CT molecular complexity index is 929. The van der Waals surface area contributed by atoms with Crippen LogP contribution in [0.2, 0.25) is 0 Å². The van der Waals surface area contributed by atoms with Gasteiger partial charge in [-0.15, -0.1) is 4.72 Å². The highest BCUT2D eigenvalue weighted by Crippen LogP contribution is 2.64. The lowest BCUT2D eigenvalue weighted by molar-refractivity contribution is -0.458. The number of hydrogen-bond acceptors (Lipinski definition) is 3. The normalized spacial score (nSPS) is 16.9. The number of nitrogens with two attached hydrogens (primary N) is 1. The number of nitrogens with one attached hydrogen (secondary N) is 1. The molecule has 0 saturated heterocycles. The second-order valence-corrected chi connectivity index (χ2v) is 7.99. The minimum Gasteiger partial charge on any atom is -0.265 e. The molecule has 0 aromatic rings. The molecule has 0 amide bonds. The minimum atomic E-state index is -9.21. The molecule has 0 saturated carbocycles. The Kier molecular flexibility index (Phi) is 7.83. The van der Waals surface area contributed by atoms with Gasteiger partial charge < -0.3 is 0 Å². The maximum absolute atomic E-state index is 13.4. The van der Waals surface area contributed by atoms with Crippen molar-refractivity contribution in [1.29, 1.82) is 0 Å². The summed E-state index contributed by atoms with van der Waals surface area (Å²) >= 11 is 0. The first-order chi connectivity index (χ1) is 15.0.